The third-order valence-corrected chi connectivity index (χ3v) is 4.21. The van der Waals surface area contributed by atoms with E-state index in [4.69, 9.17) is 4.74 Å². The number of piperidine rings is 1. The first-order valence-electron chi connectivity index (χ1n) is 8.26. The second-order valence-electron chi connectivity index (χ2n) is 5.82. The molecule has 1 aromatic heterocycles. The molecule has 1 aromatic carbocycles. The number of benzene rings is 1. The largest absolute Gasteiger partial charge is 0.490 e. The van der Waals surface area contributed by atoms with Gasteiger partial charge in [0.2, 0.25) is 0 Å². The smallest absolute Gasteiger partial charge is 0.194 e. The molecule has 0 unspecified atom stereocenters. The van der Waals surface area contributed by atoms with Gasteiger partial charge in [-0.15, -0.1) is 24.0 Å². The fourth-order valence-corrected chi connectivity index (χ4v) is 2.85. The summed E-state index contributed by atoms with van der Waals surface area (Å²) in [6.07, 6.45) is 3.80. The molecule has 0 atom stereocenters. The second-order valence-corrected chi connectivity index (χ2v) is 5.82. The SMILES string of the molecule is CN=C(NCc1ncnn1C)N1CCC(Oc2ccccc2)CC1.I. The van der Waals surface area contributed by atoms with Crippen LogP contribution in [0.1, 0.15) is 18.7 Å². The molecule has 1 aliphatic rings. The number of nitrogens with zero attached hydrogens (tertiary/aromatic N) is 5. The maximum atomic E-state index is 6.04. The molecule has 0 amide bonds. The zero-order chi connectivity index (χ0) is 16.8. The molecule has 1 saturated heterocycles. The Labute approximate surface area is 165 Å². The van der Waals surface area contributed by atoms with Crippen LogP contribution in [0.4, 0.5) is 0 Å². The van der Waals surface area contributed by atoms with Gasteiger partial charge in [0.05, 0.1) is 6.54 Å². The molecule has 3 rings (SSSR count). The summed E-state index contributed by atoms with van der Waals surface area (Å²) in [6.45, 7) is 2.47. The number of nitrogens with one attached hydrogen (secondary N) is 1. The van der Waals surface area contributed by atoms with Gasteiger partial charge in [0.15, 0.2) is 5.96 Å². The number of rotatable bonds is 4. The molecule has 1 N–H and O–H groups in total. The fourth-order valence-electron chi connectivity index (χ4n) is 2.85. The van der Waals surface area contributed by atoms with E-state index in [-0.39, 0.29) is 30.1 Å². The Hall–Kier alpha value is -1.84. The van der Waals surface area contributed by atoms with Gasteiger partial charge in [0.25, 0.3) is 0 Å². The van der Waals surface area contributed by atoms with Gasteiger partial charge < -0.3 is 15.0 Å². The highest BCUT2D eigenvalue weighted by molar-refractivity contribution is 14.0. The minimum Gasteiger partial charge on any atom is -0.490 e. The van der Waals surface area contributed by atoms with E-state index < -0.39 is 0 Å². The normalized spacial score (nSPS) is 15.6. The van der Waals surface area contributed by atoms with Gasteiger partial charge in [-0.1, -0.05) is 18.2 Å². The van der Waals surface area contributed by atoms with Crippen LogP contribution in [0.5, 0.6) is 5.75 Å². The van der Waals surface area contributed by atoms with Crippen molar-refractivity contribution in [2.45, 2.75) is 25.5 Å². The van der Waals surface area contributed by atoms with Crippen LogP contribution in [0.25, 0.3) is 0 Å². The van der Waals surface area contributed by atoms with Crippen LogP contribution in [0.3, 0.4) is 0 Å². The highest BCUT2D eigenvalue weighted by atomic mass is 127. The van der Waals surface area contributed by atoms with Gasteiger partial charge in [-0.2, -0.15) is 5.10 Å². The zero-order valence-electron chi connectivity index (χ0n) is 14.6. The Balaban J connectivity index is 0.00000225. The Morgan fingerprint density at radius 2 is 2.00 bits per heavy atom. The lowest BCUT2D eigenvalue weighted by Gasteiger charge is -2.34. The molecule has 0 bridgehead atoms. The number of guanidine groups is 1. The molecule has 8 heteroatoms. The minimum atomic E-state index is 0. The molecular weight excluding hydrogens is 431 g/mol. The van der Waals surface area contributed by atoms with Crippen LogP contribution in [0, 0.1) is 0 Å². The predicted molar refractivity (Wildman–Crippen MR) is 108 cm³/mol. The third-order valence-electron chi connectivity index (χ3n) is 4.21. The van der Waals surface area contributed by atoms with E-state index in [2.05, 4.69) is 25.3 Å². The van der Waals surface area contributed by atoms with Gasteiger partial charge in [-0.3, -0.25) is 9.67 Å². The van der Waals surface area contributed by atoms with Crippen molar-refractivity contribution in [1.29, 1.82) is 0 Å². The van der Waals surface area contributed by atoms with Crippen LogP contribution >= 0.6 is 24.0 Å². The maximum Gasteiger partial charge on any atom is 0.194 e. The number of aliphatic imine (C=N–C) groups is 1. The van der Waals surface area contributed by atoms with Crippen molar-refractivity contribution in [3.63, 3.8) is 0 Å². The summed E-state index contributed by atoms with van der Waals surface area (Å²) in [5.74, 6) is 2.73. The maximum absolute atomic E-state index is 6.04. The minimum absolute atomic E-state index is 0. The average Bonchev–Trinajstić information content (AvgIpc) is 3.03. The number of halogens is 1. The Morgan fingerprint density at radius 1 is 1.28 bits per heavy atom. The van der Waals surface area contributed by atoms with Crippen LogP contribution in [-0.2, 0) is 13.6 Å². The predicted octanol–water partition coefficient (Wildman–Crippen LogP) is 2.05. The molecule has 1 fully saturated rings. The van der Waals surface area contributed by atoms with Gasteiger partial charge in [0, 0.05) is 40.0 Å². The molecule has 0 radical (unpaired) electrons. The van der Waals surface area contributed by atoms with Crippen LogP contribution < -0.4 is 10.1 Å². The van der Waals surface area contributed by atoms with Crippen molar-refractivity contribution in [3.05, 3.63) is 42.5 Å². The lowest BCUT2D eigenvalue weighted by molar-refractivity contribution is 0.129. The van der Waals surface area contributed by atoms with Crippen LogP contribution in [-0.4, -0.2) is 51.9 Å². The van der Waals surface area contributed by atoms with E-state index in [1.54, 1.807) is 11.0 Å². The summed E-state index contributed by atoms with van der Waals surface area (Å²) in [5.41, 5.74) is 0. The third kappa shape index (κ3) is 5.32. The van der Waals surface area contributed by atoms with E-state index >= 15 is 0 Å². The average molecular weight is 456 g/mol. The molecule has 25 heavy (non-hydrogen) atoms. The van der Waals surface area contributed by atoms with Gasteiger partial charge in [0.1, 0.15) is 24.0 Å². The van der Waals surface area contributed by atoms with Crippen molar-refractivity contribution in [2.24, 2.45) is 12.0 Å². The van der Waals surface area contributed by atoms with E-state index in [0.29, 0.717) is 6.54 Å². The molecule has 136 valence electrons. The van der Waals surface area contributed by atoms with E-state index in [9.17, 15) is 0 Å². The van der Waals surface area contributed by atoms with Crippen molar-refractivity contribution in [2.75, 3.05) is 20.1 Å². The first-order valence-corrected chi connectivity index (χ1v) is 8.26. The Kier molecular flexibility index (Phi) is 7.48. The molecular formula is C17H25IN6O. The number of hydrogen-bond acceptors (Lipinski definition) is 4. The van der Waals surface area contributed by atoms with Crippen LogP contribution in [0.2, 0.25) is 0 Å². The Bertz CT molecular complexity index is 667. The molecule has 0 aliphatic carbocycles. The summed E-state index contributed by atoms with van der Waals surface area (Å²) < 4.78 is 7.81. The van der Waals surface area contributed by atoms with Crippen molar-refractivity contribution < 1.29 is 4.74 Å². The number of likely N-dealkylation sites (tertiary alicyclic amines) is 1. The number of para-hydroxylation sites is 1. The molecule has 2 heterocycles. The Morgan fingerprint density at radius 3 is 2.60 bits per heavy atom. The molecule has 0 spiro atoms. The first-order chi connectivity index (χ1) is 11.8. The summed E-state index contributed by atoms with van der Waals surface area (Å²) in [7, 11) is 3.70. The van der Waals surface area contributed by atoms with Gasteiger partial charge in [-0.25, -0.2) is 4.98 Å². The lowest BCUT2D eigenvalue weighted by Crippen LogP contribution is -2.47. The summed E-state index contributed by atoms with van der Waals surface area (Å²) in [5, 5.41) is 7.44. The molecule has 7 nitrogen and oxygen atoms in total. The number of ether oxygens (including phenoxy) is 1. The molecule has 0 saturated carbocycles. The molecule has 1 aliphatic heterocycles. The number of aryl methyl sites for hydroxylation is 1. The monoisotopic (exact) mass is 456 g/mol. The number of aromatic nitrogens is 3. The van der Waals surface area contributed by atoms with E-state index in [1.165, 1.54) is 0 Å². The van der Waals surface area contributed by atoms with Crippen molar-refractivity contribution in [1.82, 2.24) is 25.0 Å². The van der Waals surface area contributed by atoms with E-state index in [1.807, 2.05) is 44.4 Å². The van der Waals surface area contributed by atoms with Crippen molar-refractivity contribution in [3.8, 4) is 5.75 Å². The highest BCUT2D eigenvalue weighted by Gasteiger charge is 2.22. The zero-order valence-corrected chi connectivity index (χ0v) is 17.0. The number of hydrogen-bond donors (Lipinski definition) is 1. The fraction of sp³-hybridized carbons (Fsp3) is 0.471. The van der Waals surface area contributed by atoms with Crippen molar-refractivity contribution >= 4 is 29.9 Å². The first kappa shape index (κ1) is 19.5. The topological polar surface area (TPSA) is 67.6 Å². The lowest BCUT2D eigenvalue weighted by atomic mass is 10.1. The van der Waals surface area contributed by atoms with Gasteiger partial charge >= 0.3 is 0 Å². The summed E-state index contributed by atoms with van der Waals surface area (Å²) in [6, 6.07) is 10.0. The summed E-state index contributed by atoms with van der Waals surface area (Å²) >= 11 is 0. The standard InChI is InChI=1S/C17H24N6O.HI/c1-18-17(19-12-16-20-13-21-22(16)2)23-10-8-15(9-11-23)24-14-6-4-3-5-7-14;/h3-7,13,15H,8-12H2,1-2H3,(H,18,19);1H. The molecule has 2 aromatic rings. The van der Waals surface area contributed by atoms with E-state index in [0.717, 1.165) is 43.5 Å². The van der Waals surface area contributed by atoms with Gasteiger partial charge in [-0.05, 0) is 12.1 Å². The quantitative estimate of drug-likeness (QED) is 0.434. The summed E-state index contributed by atoms with van der Waals surface area (Å²) in [4.78, 5) is 10.9. The van der Waals surface area contributed by atoms with Crippen LogP contribution in [0.15, 0.2) is 41.7 Å². The second kappa shape index (κ2) is 9.59. The highest BCUT2D eigenvalue weighted by Crippen LogP contribution is 2.18.